The van der Waals surface area contributed by atoms with Gasteiger partial charge in [0.1, 0.15) is 15.8 Å². The number of morpholine rings is 1. The Bertz CT molecular complexity index is 868. The second kappa shape index (κ2) is 8.12. The maximum Gasteiger partial charge on any atom is 0.222 e. The fourth-order valence-electron chi connectivity index (χ4n) is 3.45. The van der Waals surface area contributed by atoms with Gasteiger partial charge in [-0.3, -0.25) is 9.59 Å². The molecule has 0 bridgehead atoms. The maximum atomic E-state index is 13.0. The van der Waals surface area contributed by atoms with E-state index < -0.39 is 11.6 Å². The quantitative estimate of drug-likeness (QED) is 0.660. The maximum absolute atomic E-state index is 13.0. The van der Waals surface area contributed by atoms with E-state index >= 15 is 0 Å². The van der Waals surface area contributed by atoms with Gasteiger partial charge in [0, 0.05) is 45.5 Å². The third kappa shape index (κ3) is 3.59. The van der Waals surface area contributed by atoms with Crippen molar-refractivity contribution in [3.8, 4) is 0 Å². The Morgan fingerprint density at radius 3 is 2.32 bits per heavy atom. The van der Waals surface area contributed by atoms with Crippen molar-refractivity contribution in [1.82, 2.24) is 14.8 Å². The molecule has 1 aromatic heterocycles. The highest BCUT2D eigenvalue weighted by Gasteiger charge is 2.38. The van der Waals surface area contributed by atoms with Crippen LogP contribution in [0.25, 0.3) is 5.57 Å². The summed E-state index contributed by atoms with van der Waals surface area (Å²) in [6, 6.07) is 0. The zero-order chi connectivity index (χ0) is 19.8. The van der Waals surface area contributed by atoms with E-state index in [1.54, 1.807) is 6.20 Å². The van der Waals surface area contributed by atoms with Gasteiger partial charge in [0.05, 0.1) is 23.7 Å². The smallest absolute Gasteiger partial charge is 0.222 e. The number of likely N-dealkylation sites (N-methyl/N-ethyl adjacent to an activating group) is 1. The Morgan fingerprint density at radius 2 is 1.64 bits per heavy atom. The number of piperazine rings is 1. The van der Waals surface area contributed by atoms with E-state index in [4.69, 9.17) is 27.9 Å². The molecule has 28 heavy (non-hydrogen) atoms. The number of hydrogen-bond acceptors (Lipinski definition) is 8. The predicted octanol–water partition coefficient (Wildman–Crippen LogP) is 1.78. The van der Waals surface area contributed by atoms with Crippen molar-refractivity contribution in [3.05, 3.63) is 26.8 Å². The highest BCUT2D eigenvalue weighted by atomic mass is 35.5. The number of anilines is 1. The molecular formula is C18H20Cl2N4O3S. The predicted molar refractivity (Wildman–Crippen MR) is 110 cm³/mol. The van der Waals surface area contributed by atoms with Crippen LogP contribution in [0.15, 0.2) is 22.0 Å². The topological polar surface area (TPSA) is 66.0 Å². The summed E-state index contributed by atoms with van der Waals surface area (Å²) in [6.45, 7) is 5.59. The molecule has 1 aromatic rings. The molecule has 150 valence electrons. The number of nitrogens with zero attached hydrogens (tertiary/aromatic N) is 4. The molecule has 0 atom stereocenters. The summed E-state index contributed by atoms with van der Waals surface area (Å²) in [4.78, 5) is 37.1. The first-order chi connectivity index (χ1) is 13.5. The summed E-state index contributed by atoms with van der Waals surface area (Å²) in [5.74, 6) is -0.815. The summed E-state index contributed by atoms with van der Waals surface area (Å²) < 4.78 is 5.36. The second-order valence-electron chi connectivity index (χ2n) is 6.91. The fraction of sp³-hybridized carbons (Fsp3) is 0.500. The molecule has 0 N–H and O–H groups in total. The van der Waals surface area contributed by atoms with Gasteiger partial charge in [-0.15, -0.1) is 0 Å². The third-order valence-electron chi connectivity index (χ3n) is 5.11. The van der Waals surface area contributed by atoms with E-state index in [0.29, 0.717) is 31.2 Å². The van der Waals surface area contributed by atoms with Gasteiger partial charge in [-0.2, -0.15) is 0 Å². The number of carbonyl (C=O) groups excluding carboxylic acids is 2. The van der Waals surface area contributed by atoms with Crippen LogP contribution in [0, 0.1) is 0 Å². The number of ketones is 2. The lowest BCUT2D eigenvalue weighted by Gasteiger charge is -2.36. The van der Waals surface area contributed by atoms with Gasteiger partial charge < -0.3 is 19.4 Å². The van der Waals surface area contributed by atoms with Crippen LogP contribution >= 0.6 is 34.5 Å². The van der Waals surface area contributed by atoms with Crippen molar-refractivity contribution in [3.63, 3.8) is 0 Å². The van der Waals surface area contributed by atoms with Gasteiger partial charge in [-0.05, 0) is 7.05 Å². The Hall–Kier alpha value is -1.45. The zero-order valence-corrected chi connectivity index (χ0v) is 17.7. The molecule has 4 rings (SSSR count). The summed E-state index contributed by atoms with van der Waals surface area (Å²) in [5, 5.41) is 0.635. The number of thiazole rings is 1. The standard InChI is InChI=1S/C18H20Cl2N4O3S/c1-22-2-4-23(5-3-22)15-14(20)16(25)12(13(19)17(15)26)11-10-21-18(28-11)24-6-8-27-9-7-24/h10H,2-9H2,1H3. The molecule has 7 nitrogen and oxygen atoms in total. The van der Waals surface area contributed by atoms with Crippen LogP contribution in [-0.2, 0) is 14.3 Å². The summed E-state index contributed by atoms with van der Waals surface area (Å²) in [5.41, 5.74) is 0.359. The van der Waals surface area contributed by atoms with E-state index in [-0.39, 0.29) is 21.3 Å². The average molecular weight is 443 g/mol. The van der Waals surface area contributed by atoms with Gasteiger partial charge in [0.15, 0.2) is 5.13 Å². The van der Waals surface area contributed by atoms with Gasteiger partial charge in [0.2, 0.25) is 11.6 Å². The van der Waals surface area contributed by atoms with Crippen molar-refractivity contribution in [2.45, 2.75) is 0 Å². The van der Waals surface area contributed by atoms with Crippen molar-refractivity contribution < 1.29 is 14.3 Å². The molecule has 0 spiro atoms. The monoisotopic (exact) mass is 442 g/mol. The Morgan fingerprint density at radius 1 is 0.964 bits per heavy atom. The van der Waals surface area contributed by atoms with Crippen LogP contribution in [0.3, 0.4) is 0 Å². The molecule has 3 aliphatic rings. The van der Waals surface area contributed by atoms with Gasteiger partial charge in [-0.1, -0.05) is 34.5 Å². The number of allylic oxidation sites excluding steroid dienone is 3. The largest absolute Gasteiger partial charge is 0.378 e. The fourth-order valence-corrected chi connectivity index (χ4v) is 5.10. The normalized spacial score (nSPS) is 22.5. The summed E-state index contributed by atoms with van der Waals surface area (Å²) >= 11 is 14.1. The minimum absolute atomic E-state index is 0.0599. The van der Waals surface area contributed by atoms with E-state index in [2.05, 4.69) is 14.8 Å². The number of carbonyl (C=O) groups is 2. The first-order valence-electron chi connectivity index (χ1n) is 9.08. The number of aromatic nitrogens is 1. The van der Waals surface area contributed by atoms with Crippen LogP contribution in [-0.4, -0.2) is 85.9 Å². The van der Waals surface area contributed by atoms with Crippen LogP contribution in [0.1, 0.15) is 4.88 Å². The Kier molecular flexibility index (Phi) is 5.76. The summed E-state index contributed by atoms with van der Waals surface area (Å²) in [7, 11) is 2.02. The van der Waals surface area contributed by atoms with Crippen LogP contribution < -0.4 is 4.90 Å². The van der Waals surface area contributed by atoms with Crippen LogP contribution in [0.5, 0.6) is 0 Å². The van der Waals surface area contributed by atoms with E-state index in [1.165, 1.54) is 11.3 Å². The first kappa shape index (κ1) is 19.8. The number of ether oxygens (including phenoxy) is 1. The second-order valence-corrected chi connectivity index (χ2v) is 8.67. The molecule has 1 aliphatic carbocycles. The van der Waals surface area contributed by atoms with Gasteiger partial charge in [0.25, 0.3) is 0 Å². The molecule has 3 heterocycles. The number of hydrogen-bond donors (Lipinski definition) is 0. The molecule has 0 unspecified atom stereocenters. The molecule has 10 heteroatoms. The number of rotatable bonds is 3. The lowest BCUT2D eigenvalue weighted by atomic mass is 9.98. The van der Waals surface area contributed by atoms with Crippen molar-refractivity contribution in [2.24, 2.45) is 0 Å². The number of Topliss-reactive ketones (excluding diaryl/α,β-unsaturated/α-hetero) is 2. The van der Waals surface area contributed by atoms with Crippen LogP contribution in [0.2, 0.25) is 0 Å². The van der Waals surface area contributed by atoms with Crippen molar-refractivity contribution in [1.29, 1.82) is 0 Å². The molecule has 2 fully saturated rings. The number of halogens is 2. The lowest BCUT2D eigenvalue weighted by molar-refractivity contribution is -0.116. The minimum atomic E-state index is -0.419. The molecule has 0 amide bonds. The highest BCUT2D eigenvalue weighted by molar-refractivity contribution is 7.17. The van der Waals surface area contributed by atoms with E-state index in [1.807, 2.05) is 11.9 Å². The molecule has 0 saturated carbocycles. The Labute approximate surface area is 177 Å². The van der Waals surface area contributed by atoms with Crippen molar-refractivity contribution >= 4 is 56.8 Å². The molecule has 0 aromatic carbocycles. The third-order valence-corrected chi connectivity index (χ3v) is 6.90. The van der Waals surface area contributed by atoms with Crippen LogP contribution in [0.4, 0.5) is 5.13 Å². The van der Waals surface area contributed by atoms with Gasteiger partial charge >= 0.3 is 0 Å². The SMILES string of the molecule is CN1CCN(C2=C(Cl)C(=O)C(c3cnc(N4CCOCC4)s3)=C(Cl)C2=O)CC1. The minimum Gasteiger partial charge on any atom is -0.378 e. The zero-order valence-electron chi connectivity index (χ0n) is 15.4. The summed E-state index contributed by atoms with van der Waals surface area (Å²) in [6.07, 6.45) is 1.59. The molecule has 2 saturated heterocycles. The Balaban J connectivity index is 1.62. The average Bonchev–Trinajstić information content (AvgIpc) is 3.19. The lowest BCUT2D eigenvalue weighted by Crippen LogP contribution is -2.46. The van der Waals surface area contributed by atoms with E-state index in [9.17, 15) is 9.59 Å². The molecular weight excluding hydrogens is 423 g/mol. The van der Waals surface area contributed by atoms with E-state index in [0.717, 1.165) is 31.3 Å². The molecule has 0 radical (unpaired) electrons. The molecule has 2 aliphatic heterocycles. The van der Waals surface area contributed by atoms with Gasteiger partial charge in [-0.25, -0.2) is 4.98 Å². The van der Waals surface area contributed by atoms with Crippen molar-refractivity contribution in [2.75, 3.05) is 64.4 Å². The highest BCUT2D eigenvalue weighted by Crippen LogP contribution is 2.39. The first-order valence-corrected chi connectivity index (χ1v) is 10.7.